The summed E-state index contributed by atoms with van der Waals surface area (Å²) >= 11 is 0. The third-order valence-electron chi connectivity index (χ3n) is 4.29. The molecule has 1 aliphatic rings. The minimum atomic E-state index is -0.498. The lowest BCUT2D eigenvalue weighted by molar-refractivity contribution is 0.226. The van der Waals surface area contributed by atoms with Crippen molar-refractivity contribution < 1.29 is 9.13 Å². The molecule has 2 rings (SSSR count). The first kappa shape index (κ1) is 13.3. The van der Waals surface area contributed by atoms with Gasteiger partial charge < -0.3 is 10.5 Å². The summed E-state index contributed by atoms with van der Waals surface area (Å²) in [6.07, 6.45) is 5.13. The lowest BCUT2D eigenvalue weighted by Crippen LogP contribution is -2.41. The molecule has 1 aromatic rings. The fraction of sp³-hybridized carbons (Fsp3) is 0.600. The maximum atomic E-state index is 14.1. The van der Waals surface area contributed by atoms with Crippen LogP contribution in [0.5, 0.6) is 5.75 Å². The van der Waals surface area contributed by atoms with Gasteiger partial charge in [0.15, 0.2) is 0 Å². The average molecular weight is 251 g/mol. The van der Waals surface area contributed by atoms with Gasteiger partial charge in [0.25, 0.3) is 0 Å². The Kier molecular flexibility index (Phi) is 3.91. The summed E-state index contributed by atoms with van der Waals surface area (Å²) in [4.78, 5) is 0. The topological polar surface area (TPSA) is 35.2 Å². The van der Waals surface area contributed by atoms with E-state index in [4.69, 9.17) is 10.5 Å². The first-order valence-electron chi connectivity index (χ1n) is 6.72. The van der Waals surface area contributed by atoms with Crippen molar-refractivity contribution in [2.45, 2.75) is 44.6 Å². The van der Waals surface area contributed by atoms with Crippen LogP contribution in [0.3, 0.4) is 0 Å². The highest BCUT2D eigenvalue weighted by Crippen LogP contribution is 2.40. The average Bonchev–Trinajstić information content (AvgIpc) is 2.39. The van der Waals surface area contributed by atoms with Gasteiger partial charge in [-0.1, -0.05) is 19.4 Å². The fourth-order valence-electron chi connectivity index (χ4n) is 2.90. The first-order valence-corrected chi connectivity index (χ1v) is 6.72. The minimum Gasteiger partial charge on any atom is -0.497 e. The highest BCUT2D eigenvalue weighted by atomic mass is 19.1. The van der Waals surface area contributed by atoms with E-state index >= 15 is 0 Å². The van der Waals surface area contributed by atoms with Crippen molar-refractivity contribution in [3.05, 3.63) is 29.6 Å². The Hall–Kier alpha value is -1.09. The molecule has 0 aliphatic heterocycles. The molecule has 0 aromatic heterocycles. The van der Waals surface area contributed by atoms with E-state index in [-0.39, 0.29) is 5.82 Å². The van der Waals surface area contributed by atoms with Gasteiger partial charge in [0.1, 0.15) is 11.6 Å². The van der Waals surface area contributed by atoms with Gasteiger partial charge in [-0.25, -0.2) is 4.39 Å². The molecule has 1 aromatic carbocycles. The molecule has 0 radical (unpaired) electrons. The summed E-state index contributed by atoms with van der Waals surface area (Å²) in [5.41, 5.74) is 6.55. The second kappa shape index (κ2) is 5.27. The molecule has 0 amide bonds. The van der Waals surface area contributed by atoms with Gasteiger partial charge in [0.05, 0.1) is 7.11 Å². The van der Waals surface area contributed by atoms with Gasteiger partial charge in [-0.2, -0.15) is 0 Å². The van der Waals surface area contributed by atoms with Crippen LogP contribution in [-0.4, -0.2) is 7.11 Å². The van der Waals surface area contributed by atoms with Crippen molar-refractivity contribution in [3.63, 3.8) is 0 Å². The van der Waals surface area contributed by atoms with Gasteiger partial charge >= 0.3 is 0 Å². The summed E-state index contributed by atoms with van der Waals surface area (Å²) in [5, 5.41) is 0. The molecule has 0 spiro atoms. The lowest BCUT2D eigenvalue weighted by atomic mass is 9.72. The first-order chi connectivity index (χ1) is 8.59. The Bertz CT molecular complexity index is 411. The van der Waals surface area contributed by atoms with Crippen LogP contribution in [0.1, 0.15) is 44.6 Å². The molecule has 18 heavy (non-hydrogen) atoms. The van der Waals surface area contributed by atoms with Crippen molar-refractivity contribution in [2.24, 2.45) is 11.7 Å². The number of methoxy groups -OCH3 is 1. The Morgan fingerprint density at radius 1 is 1.39 bits per heavy atom. The molecule has 0 saturated heterocycles. The van der Waals surface area contributed by atoms with Crippen molar-refractivity contribution in [2.75, 3.05) is 7.11 Å². The Balaban J connectivity index is 2.20. The Morgan fingerprint density at radius 2 is 2.06 bits per heavy atom. The second-order valence-electron chi connectivity index (χ2n) is 5.35. The summed E-state index contributed by atoms with van der Waals surface area (Å²) in [6, 6.07) is 5.00. The molecule has 0 atom stereocenters. The predicted molar refractivity (Wildman–Crippen MR) is 71.1 cm³/mol. The number of hydrogen-bond donors (Lipinski definition) is 1. The second-order valence-corrected chi connectivity index (χ2v) is 5.35. The number of rotatable bonds is 3. The maximum Gasteiger partial charge on any atom is 0.131 e. The normalized spacial score (nSPS) is 28.1. The monoisotopic (exact) mass is 251 g/mol. The van der Waals surface area contributed by atoms with Crippen LogP contribution < -0.4 is 10.5 Å². The van der Waals surface area contributed by atoms with Gasteiger partial charge in [-0.15, -0.1) is 0 Å². The van der Waals surface area contributed by atoms with Crippen LogP contribution in [0.2, 0.25) is 0 Å². The number of benzene rings is 1. The van der Waals surface area contributed by atoms with Crippen LogP contribution >= 0.6 is 0 Å². The number of hydrogen-bond acceptors (Lipinski definition) is 2. The summed E-state index contributed by atoms with van der Waals surface area (Å²) < 4.78 is 19.1. The largest absolute Gasteiger partial charge is 0.497 e. The zero-order chi connectivity index (χ0) is 13.2. The molecule has 2 N–H and O–H groups in total. The Morgan fingerprint density at radius 3 is 2.56 bits per heavy atom. The fourth-order valence-corrected chi connectivity index (χ4v) is 2.90. The maximum absolute atomic E-state index is 14.1. The smallest absolute Gasteiger partial charge is 0.131 e. The molecule has 0 bridgehead atoms. The van der Waals surface area contributed by atoms with E-state index in [9.17, 15) is 4.39 Å². The predicted octanol–water partition coefficient (Wildman–Crippen LogP) is 3.59. The molecule has 1 aliphatic carbocycles. The van der Waals surface area contributed by atoms with E-state index in [0.717, 1.165) is 31.6 Å². The van der Waals surface area contributed by atoms with Gasteiger partial charge in [-0.3, -0.25) is 0 Å². The molecule has 100 valence electrons. The highest BCUT2D eigenvalue weighted by molar-refractivity contribution is 5.33. The van der Waals surface area contributed by atoms with Gasteiger partial charge in [0.2, 0.25) is 0 Å². The van der Waals surface area contributed by atoms with E-state index in [2.05, 4.69) is 6.92 Å². The van der Waals surface area contributed by atoms with Crippen molar-refractivity contribution in [1.29, 1.82) is 0 Å². The molecule has 1 saturated carbocycles. The van der Waals surface area contributed by atoms with E-state index in [0.29, 0.717) is 11.3 Å². The van der Waals surface area contributed by atoms with Crippen LogP contribution in [0, 0.1) is 11.7 Å². The number of ether oxygens (including phenoxy) is 1. The minimum absolute atomic E-state index is 0.244. The molecule has 0 unspecified atom stereocenters. The zero-order valence-electron chi connectivity index (χ0n) is 11.2. The van der Waals surface area contributed by atoms with E-state index in [1.165, 1.54) is 12.5 Å². The summed E-state index contributed by atoms with van der Waals surface area (Å²) in [5.74, 6) is 1.05. The highest BCUT2D eigenvalue weighted by Gasteiger charge is 2.34. The molecular formula is C15H22FNO. The van der Waals surface area contributed by atoms with Crippen LogP contribution in [0.25, 0.3) is 0 Å². The van der Waals surface area contributed by atoms with Crippen molar-refractivity contribution in [1.82, 2.24) is 0 Å². The third-order valence-corrected chi connectivity index (χ3v) is 4.29. The summed E-state index contributed by atoms with van der Waals surface area (Å²) in [7, 11) is 1.54. The van der Waals surface area contributed by atoms with Gasteiger partial charge in [-0.05, 0) is 37.7 Å². The third kappa shape index (κ3) is 2.51. The van der Waals surface area contributed by atoms with E-state index < -0.39 is 5.54 Å². The van der Waals surface area contributed by atoms with Crippen LogP contribution in [0.4, 0.5) is 4.39 Å². The Labute approximate surface area is 108 Å². The number of nitrogens with two attached hydrogens (primary N) is 1. The van der Waals surface area contributed by atoms with Gasteiger partial charge in [0, 0.05) is 17.2 Å². The lowest BCUT2D eigenvalue weighted by Gasteiger charge is -2.37. The molecular weight excluding hydrogens is 229 g/mol. The molecule has 3 heteroatoms. The standard InChI is InChI=1S/C15H22FNO/c1-3-11-6-8-15(17,9-7-11)13-5-4-12(18-2)10-14(13)16/h4-5,10-11H,3,6-9,17H2,1-2H3. The van der Waals surface area contributed by atoms with Crippen molar-refractivity contribution >= 4 is 0 Å². The van der Waals surface area contributed by atoms with Crippen molar-refractivity contribution in [3.8, 4) is 5.75 Å². The van der Waals surface area contributed by atoms with Crippen LogP contribution in [-0.2, 0) is 5.54 Å². The zero-order valence-corrected chi connectivity index (χ0v) is 11.2. The molecule has 0 heterocycles. The quantitative estimate of drug-likeness (QED) is 0.891. The molecule has 2 nitrogen and oxygen atoms in total. The SMILES string of the molecule is CCC1CCC(N)(c2ccc(OC)cc2F)CC1. The van der Waals surface area contributed by atoms with E-state index in [1.807, 2.05) is 0 Å². The van der Waals surface area contributed by atoms with Crippen LogP contribution in [0.15, 0.2) is 18.2 Å². The molecule has 1 fully saturated rings. The number of halogens is 1. The summed E-state index contributed by atoms with van der Waals surface area (Å²) in [6.45, 7) is 2.21. The van der Waals surface area contributed by atoms with E-state index in [1.54, 1.807) is 19.2 Å².